The highest BCUT2D eigenvalue weighted by molar-refractivity contribution is 6.39. The molecule has 3 aliphatic rings. The monoisotopic (exact) mass is 283 g/mol. The quantitative estimate of drug-likeness (QED) is 0.771. The second kappa shape index (κ2) is 4.48. The zero-order chi connectivity index (χ0) is 14.4. The molecule has 1 saturated heterocycles. The number of hydrogen-bond acceptors (Lipinski definition) is 4. The summed E-state index contributed by atoms with van der Waals surface area (Å²) in [5, 5.41) is 0. The Labute approximate surface area is 121 Å². The fraction of sp³-hybridized carbons (Fsp3) is 0.250. The zero-order valence-electron chi connectivity index (χ0n) is 11.2. The summed E-state index contributed by atoms with van der Waals surface area (Å²) in [5.41, 5.74) is 0.920. The van der Waals surface area contributed by atoms with Crippen LogP contribution < -0.4 is 9.47 Å². The van der Waals surface area contributed by atoms with Crippen LogP contribution in [0.15, 0.2) is 42.5 Å². The van der Waals surface area contributed by atoms with Crippen molar-refractivity contribution in [1.82, 2.24) is 4.90 Å². The minimum atomic E-state index is -0.418. The van der Waals surface area contributed by atoms with E-state index < -0.39 is 5.91 Å². The number of Topliss-reactive ketones (excluding diaryl/α,β-unsaturated/α-hetero) is 1. The third-order valence-corrected chi connectivity index (χ3v) is 4.03. The molecule has 0 unspecified atom stereocenters. The standard InChI is InChI=1S/C16H13NO4/c18-15-11-3-1-2-4-12(11)17(16(15)19)8-10-5-6-13-14(7-10)21-9-20-13/h1-7,11-12H,8-9H2/t11-,12-/m1/s1. The van der Waals surface area contributed by atoms with E-state index in [1.165, 1.54) is 0 Å². The van der Waals surface area contributed by atoms with Gasteiger partial charge < -0.3 is 14.4 Å². The molecule has 21 heavy (non-hydrogen) atoms. The van der Waals surface area contributed by atoms with Crippen LogP contribution in [0.3, 0.4) is 0 Å². The van der Waals surface area contributed by atoms with Crippen molar-refractivity contribution < 1.29 is 19.1 Å². The highest BCUT2D eigenvalue weighted by atomic mass is 16.7. The molecule has 2 atom stereocenters. The van der Waals surface area contributed by atoms with E-state index in [1.54, 1.807) is 11.0 Å². The molecular formula is C16H13NO4. The lowest BCUT2D eigenvalue weighted by molar-refractivity contribution is -0.141. The summed E-state index contributed by atoms with van der Waals surface area (Å²) in [6, 6.07) is 5.39. The Morgan fingerprint density at radius 1 is 1.10 bits per heavy atom. The average molecular weight is 283 g/mol. The van der Waals surface area contributed by atoms with Gasteiger partial charge in [0, 0.05) is 6.54 Å². The summed E-state index contributed by atoms with van der Waals surface area (Å²) < 4.78 is 10.6. The Morgan fingerprint density at radius 3 is 2.81 bits per heavy atom. The second-order valence-electron chi connectivity index (χ2n) is 5.27. The van der Waals surface area contributed by atoms with Gasteiger partial charge in [-0.25, -0.2) is 0 Å². The van der Waals surface area contributed by atoms with Crippen molar-refractivity contribution in [2.45, 2.75) is 12.6 Å². The molecule has 2 heterocycles. The molecule has 1 fully saturated rings. The van der Waals surface area contributed by atoms with E-state index in [0.717, 1.165) is 5.56 Å². The van der Waals surface area contributed by atoms with Crippen molar-refractivity contribution in [3.63, 3.8) is 0 Å². The Bertz CT molecular complexity index is 692. The molecule has 106 valence electrons. The van der Waals surface area contributed by atoms with Crippen LogP contribution in [0.2, 0.25) is 0 Å². The number of nitrogens with zero attached hydrogens (tertiary/aromatic N) is 1. The van der Waals surface area contributed by atoms with Crippen LogP contribution in [0.4, 0.5) is 0 Å². The van der Waals surface area contributed by atoms with E-state index in [0.29, 0.717) is 18.0 Å². The lowest BCUT2D eigenvalue weighted by Crippen LogP contribution is -2.33. The van der Waals surface area contributed by atoms with Crippen LogP contribution in [-0.2, 0) is 16.1 Å². The van der Waals surface area contributed by atoms with Crippen molar-refractivity contribution in [2.75, 3.05) is 6.79 Å². The topological polar surface area (TPSA) is 55.8 Å². The summed E-state index contributed by atoms with van der Waals surface area (Å²) in [7, 11) is 0. The summed E-state index contributed by atoms with van der Waals surface area (Å²) >= 11 is 0. The lowest BCUT2D eigenvalue weighted by Gasteiger charge is -2.24. The molecule has 1 aliphatic carbocycles. The number of allylic oxidation sites excluding steroid dienone is 2. The minimum Gasteiger partial charge on any atom is -0.454 e. The first-order chi connectivity index (χ1) is 10.2. The summed E-state index contributed by atoms with van der Waals surface area (Å²) in [6.45, 7) is 0.610. The van der Waals surface area contributed by atoms with Crippen LogP contribution >= 0.6 is 0 Å². The molecule has 0 bridgehead atoms. The molecule has 1 amide bonds. The second-order valence-corrected chi connectivity index (χ2v) is 5.27. The number of benzene rings is 1. The molecule has 1 aromatic rings. The molecule has 0 radical (unpaired) electrons. The number of rotatable bonds is 2. The van der Waals surface area contributed by atoms with Gasteiger partial charge in [-0.1, -0.05) is 30.4 Å². The van der Waals surface area contributed by atoms with E-state index in [9.17, 15) is 9.59 Å². The molecule has 0 spiro atoms. The van der Waals surface area contributed by atoms with Crippen molar-refractivity contribution in [3.05, 3.63) is 48.1 Å². The van der Waals surface area contributed by atoms with Crippen LogP contribution in [0.1, 0.15) is 5.56 Å². The Hall–Kier alpha value is -2.56. The number of hydrogen-bond donors (Lipinski definition) is 0. The zero-order valence-corrected chi connectivity index (χ0v) is 11.2. The summed E-state index contributed by atoms with van der Waals surface area (Å²) in [5.74, 6) is 0.291. The third-order valence-electron chi connectivity index (χ3n) is 4.03. The summed E-state index contributed by atoms with van der Waals surface area (Å²) in [4.78, 5) is 25.8. The van der Waals surface area contributed by atoms with Crippen LogP contribution in [0.25, 0.3) is 0 Å². The van der Waals surface area contributed by atoms with Gasteiger partial charge in [0.1, 0.15) is 0 Å². The van der Waals surface area contributed by atoms with E-state index in [2.05, 4.69) is 0 Å². The van der Waals surface area contributed by atoms with Crippen molar-refractivity contribution >= 4 is 11.7 Å². The van der Waals surface area contributed by atoms with Gasteiger partial charge >= 0.3 is 0 Å². The number of amides is 1. The van der Waals surface area contributed by atoms with E-state index in [-0.39, 0.29) is 24.5 Å². The number of carbonyl (C=O) groups is 2. The first-order valence-corrected chi connectivity index (χ1v) is 6.82. The fourth-order valence-electron chi connectivity index (χ4n) is 2.97. The fourth-order valence-corrected chi connectivity index (χ4v) is 2.97. The Balaban J connectivity index is 1.62. The Morgan fingerprint density at radius 2 is 1.90 bits per heavy atom. The van der Waals surface area contributed by atoms with Gasteiger partial charge in [0.15, 0.2) is 11.5 Å². The normalized spacial score (nSPS) is 25.6. The first-order valence-electron chi connectivity index (χ1n) is 6.82. The smallest absolute Gasteiger partial charge is 0.291 e. The van der Waals surface area contributed by atoms with Gasteiger partial charge in [0.25, 0.3) is 5.91 Å². The molecule has 0 N–H and O–H groups in total. The van der Waals surface area contributed by atoms with Gasteiger partial charge in [0.05, 0.1) is 12.0 Å². The first kappa shape index (κ1) is 12.2. The van der Waals surface area contributed by atoms with Gasteiger partial charge in [-0.15, -0.1) is 0 Å². The molecule has 5 nitrogen and oxygen atoms in total. The van der Waals surface area contributed by atoms with Gasteiger partial charge in [-0.2, -0.15) is 0 Å². The molecule has 4 rings (SSSR count). The van der Waals surface area contributed by atoms with Gasteiger partial charge in [-0.05, 0) is 17.7 Å². The van der Waals surface area contributed by atoms with Crippen molar-refractivity contribution in [3.8, 4) is 11.5 Å². The average Bonchev–Trinajstić information content (AvgIpc) is 3.06. The molecule has 0 aromatic heterocycles. The predicted octanol–water partition coefficient (Wildman–Crippen LogP) is 1.44. The van der Waals surface area contributed by atoms with Crippen molar-refractivity contribution in [1.29, 1.82) is 0 Å². The number of likely N-dealkylation sites (tertiary alicyclic amines) is 1. The summed E-state index contributed by atoms with van der Waals surface area (Å²) in [6.07, 6.45) is 7.39. The van der Waals surface area contributed by atoms with Crippen LogP contribution in [-0.4, -0.2) is 29.4 Å². The lowest BCUT2D eigenvalue weighted by atomic mass is 9.95. The van der Waals surface area contributed by atoms with E-state index in [4.69, 9.17) is 9.47 Å². The number of ether oxygens (including phenoxy) is 2. The minimum absolute atomic E-state index is 0.180. The van der Waals surface area contributed by atoms with E-state index >= 15 is 0 Å². The van der Waals surface area contributed by atoms with Crippen LogP contribution in [0, 0.1) is 5.92 Å². The third kappa shape index (κ3) is 1.85. The number of carbonyl (C=O) groups excluding carboxylic acids is 2. The maximum absolute atomic E-state index is 12.2. The Kier molecular flexibility index (Phi) is 2.60. The molecule has 1 aromatic carbocycles. The SMILES string of the molecule is O=C1C(=O)N(Cc2ccc3c(c2)OCO3)[C@@H]2C=CC=C[C@@H]12. The van der Waals surface area contributed by atoms with Gasteiger partial charge in [0.2, 0.25) is 12.6 Å². The van der Waals surface area contributed by atoms with E-state index in [1.807, 2.05) is 36.4 Å². The van der Waals surface area contributed by atoms with Crippen LogP contribution in [0.5, 0.6) is 11.5 Å². The molecular weight excluding hydrogens is 270 g/mol. The van der Waals surface area contributed by atoms with Gasteiger partial charge in [-0.3, -0.25) is 9.59 Å². The highest BCUT2D eigenvalue weighted by Gasteiger charge is 2.45. The maximum atomic E-state index is 12.2. The molecule has 5 heteroatoms. The molecule has 2 aliphatic heterocycles. The largest absolute Gasteiger partial charge is 0.454 e. The highest BCUT2D eigenvalue weighted by Crippen LogP contribution is 2.34. The maximum Gasteiger partial charge on any atom is 0.291 e. The predicted molar refractivity (Wildman–Crippen MR) is 73.7 cm³/mol. The van der Waals surface area contributed by atoms with Crippen molar-refractivity contribution in [2.24, 2.45) is 5.92 Å². The number of ketones is 1. The number of fused-ring (bicyclic) bond motifs is 2. The molecule has 0 saturated carbocycles.